The fraction of sp³-hybridized carbons (Fsp3) is 0.611. The minimum Gasteiger partial charge on any atom is -0.493 e. The van der Waals surface area contributed by atoms with E-state index in [2.05, 4.69) is 19.2 Å². The molecule has 2 rings (SSSR count). The number of likely N-dealkylation sites (N-methyl/N-ethyl adjacent to an activating group) is 1. The molecule has 0 aliphatic carbocycles. The zero-order chi connectivity index (χ0) is 15.9. The largest absolute Gasteiger partial charge is 0.493 e. The first-order chi connectivity index (χ1) is 10.6. The molecule has 1 aliphatic heterocycles. The molecule has 1 N–H and O–H groups in total. The van der Waals surface area contributed by atoms with E-state index in [9.17, 15) is 4.79 Å². The van der Waals surface area contributed by atoms with Gasteiger partial charge in [0, 0.05) is 13.1 Å². The van der Waals surface area contributed by atoms with Crippen LogP contribution in [0.25, 0.3) is 0 Å². The third kappa shape index (κ3) is 6.40. The van der Waals surface area contributed by atoms with Crippen LogP contribution in [-0.4, -0.2) is 43.6 Å². The van der Waals surface area contributed by atoms with Gasteiger partial charge in [-0.05, 0) is 49.5 Å². The van der Waals surface area contributed by atoms with Gasteiger partial charge in [0.25, 0.3) is 0 Å². The van der Waals surface area contributed by atoms with Crippen molar-refractivity contribution in [1.29, 1.82) is 0 Å². The second-order valence-electron chi connectivity index (χ2n) is 6.51. The van der Waals surface area contributed by atoms with E-state index in [-0.39, 0.29) is 18.3 Å². The Labute approximate surface area is 146 Å². The Morgan fingerprint density at radius 2 is 1.87 bits per heavy atom. The molecule has 4 nitrogen and oxygen atoms in total. The summed E-state index contributed by atoms with van der Waals surface area (Å²) >= 11 is 0. The SMILES string of the molecule is CC(C)COc1ccc(CC(=O)N(C)C2CCNCC2)cc1.Cl. The van der Waals surface area contributed by atoms with Gasteiger partial charge in [-0.1, -0.05) is 26.0 Å². The topological polar surface area (TPSA) is 41.6 Å². The molecule has 0 saturated carbocycles. The van der Waals surface area contributed by atoms with Crippen LogP contribution < -0.4 is 10.1 Å². The van der Waals surface area contributed by atoms with Crippen molar-refractivity contribution in [2.75, 3.05) is 26.7 Å². The van der Waals surface area contributed by atoms with Gasteiger partial charge in [0.05, 0.1) is 13.0 Å². The predicted octanol–water partition coefficient (Wildman–Crippen LogP) is 2.90. The van der Waals surface area contributed by atoms with E-state index in [0.29, 0.717) is 18.4 Å². The number of carbonyl (C=O) groups is 1. The molecule has 1 aromatic rings. The van der Waals surface area contributed by atoms with Gasteiger partial charge in [-0.3, -0.25) is 4.79 Å². The second kappa shape index (κ2) is 9.78. The molecule has 0 atom stereocenters. The zero-order valence-corrected chi connectivity index (χ0v) is 15.2. The monoisotopic (exact) mass is 340 g/mol. The molecule has 1 amide bonds. The van der Waals surface area contributed by atoms with E-state index in [1.165, 1.54) is 0 Å². The number of carbonyl (C=O) groups excluding carboxylic acids is 1. The van der Waals surface area contributed by atoms with Gasteiger partial charge >= 0.3 is 0 Å². The molecule has 1 saturated heterocycles. The molecule has 0 aromatic heterocycles. The summed E-state index contributed by atoms with van der Waals surface area (Å²) in [5.74, 6) is 1.58. The summed E-state index contributed by atoms with van der Waals surface area (Å²) in [6.45, 7) is 6.98. The number of amides is 1. The molecule has 1 aliphatic rings. The normalized spacial score (nSPS) is 15.1. The van der Waals surface area contributed by atoms with Crippen molar-refractivity contribution < 1.29 is 9.53 Å². The molecule has 0 bridgehead atoms. The van der Waals surface area contributed by atoms with Crippen LogP contribution in [0.1, 0.15) is 32.3 Å². The quantitative estimate of drug-likeness (QED) is 0.865. The third-order valence-electron chi connectivity index (χ3n) is 4.11. The van der Waals surface area contributed by atoms with Gasteiger partial charge in [-0.25, -0.2) is 0 Å². The molecule has 1 fully saturated rings. The molecule has 0 spiro atoms. The van der Waals surface area contributed by atoms with Crippen LogP contribution in [0.2, 0.25) is 0 Å². The fourth-order valence-corrected chi connectivity index (χ4v) is 2.66. The third-order valence-corrected chi connectivity index (χ3v) is 4.11. The van der Waals surface area contributed by atoms with E-state index in [1.54, 1.807) is 0 Å². The van der Waals surface area contributed by atoms with Gasteiger partial charge in [0.2, 0.25) is 5.91 Å². The van der Waals surface area contributed by atoms with Crippen LogP contribution >= 0.6 is 12.4 Å². The van der Waals surface area contributed by atoms with E-state index in [1.807, 2.05) is 36.2 Å². The molecule has 23 heavy (non-hydrogen) atoms. The van der Waals surface area contributed by atoms with Gasteiger partial charge in [-0.2, -0.15) is 0 Å². The lowest BCUT2D eigenvalue weighted by molar-refractivity contribution is -0.131. The average molecular weight is 341 g/mol. The highest BCUT2D eigenvalue weighted by atomic mass is 35.5. The van der Waals surface area contributed by atoms with E-state index in [0.717, 1.165) is 43.9 Å². The van der Waals surface area contributed by atoms with E-state index in [4.69, 9.17) is 4.74 Å². The average Bonchev–Trinajstić information content (AvgIpc) is 2.54. The summed E-state index contributed by atoms with van der Waals surface area (Å²) in [6.07, 6.45) is 2.55. The Kier molecular flexibility index (Phi) is 8.42. The number of piperidine rings is 1. The number of nitrogens with zero attached hydrogens (tertiary/aromatic N) is 1. The number of rotatable bonds is 6. The summed E-state index contributed by atoms with van der Waals surface area (Å²) in [7, 11) is 1.93. The molecular weight excluding hydrogens is 312 g/mol. The first kappa shape index (κ1) is 19.8. The molecule has 1 aromatic carbocycles. The maximum atomic E-state index is 12.4. The van der Waals surface area contributed by atoms with Crippen molar-refractivity contribution in [1.82, 2.24) is 10.2 Å². The zero-order valence-electron chi connectivity index (χ0n) is 14.4. The minimum absolute atomic E-state index is 0. The summed E-state index contributed by atoms with van der Waals surface area (Å²) in [6, 6.07) is 8.26. The van der Waals surface area contributed by atoms with Gasteiger partial charge in [0.1, 0.15) is 5.75 Å². The number of halogens is 1. The number of hydrogen-bond acceptors (Lipinski definition) is 3. The Morgan fingerprint density at radius 3 is 2.43 bits per heavy atom. The number of ether oxygens (including phenoxy) is 1. The van der Waals surface area contributed by atoms with Crippen LogP contribution in [0.3, 0.4) is 0 Å². The molecule has 0 unspecified atom stereocenters. The summed E-state index contributed by atoms with van der Waals surface area (Å²) in [5, 5.41) is 3.33. The van der Waals surface area contributed by atoms with Crippen LogP contribution in [0.4, 0.5) is 0 Å². The first-order valence-corrected chi connectivity index (χ1v) is 8.24. The van der Waals surface area contributed by atoms with E-state index < -0.39 is 0 Å². The fourth-order valence-electron chi connectivity index (χ4n) is 2.66. The first-order valence-electron chi connectivity index (χ1n) is 8.24. The highest BCUT2D eigenvalue weighted by molar-refractivity contribution is 5.85. The van der Waals surface area contributed by atoms with E-state index >= 15 is 0 Å². The highest BCUT2D eigenvalue weighted by Crippen LogP contribution is 2.16. The molecule has 130 valence electrons. The lowest BCUT2D eigenvalue weighted by atomic mass is 10.0. The van der Waals surface area contributed by atoms with Crippen molar-refractivity contribution in [2.24, 2.45) is 5.92 Å². The maximum Gasteiger partial charge on any atom is 0.226 e. The lowest BCUT2D eigenvalue weighted by Gasteiger charge is -2.31. The molecule has 0 radical (unpaired) electrons. The Bertz CT molecular complexity index is 470. The summed E-state index contributed by atoms with van der Waals surface area (Å²) in [4.78, 5) is 14.3. The minimum atomic E-state index is 0. The number of hydrogen-bond donors (Lipinski definition) is 1. The second-order valence-corrected chi connectivity index (χ2v) is 6.51. The smallest absolute Gasteiger partial charge is 0.226 e. The number of nitrogens with one attached hydrogen (secondary N) is 1. The summed E-state index contributed by atoms with van der Waals surface area (Å²) < 4.78 is 5.67. The van der Waals surface area contributed by atoms with Crippen molar-refractivity contribution in [2.45, 2.75) is 39.2 Å². The predicted molar refractivity (Wildman–Crippen MR) is 96.4 cm³/mol. The lowest BCUT2D eigenvalue weighted by Crippen LogP contribution is -2.44. The standard InChI is InChI=1S/C18H28N2O2.ClH/c1-14(2)13-22-17-6-4-15(5-7-17)12-18(21)20(3)16-8-10-19-11-9-16;/h4-7,14,16,19H,8-13H2,1-3H3;1H. The van der Waals surface area contributed by atoms with Crippen molar-refractivity contribution in [3.8, 4) is 5.75 Å². The molecule has 5 heteroatoms. The van der Waals surface area contributed by atoms with Crippen molar-refractivity contribution in [3.05, 3.63) is 29.8 Å². The van der Waals surface area contributed by atoms with Crippen LogP contribution in [-0.2, 0) is 11.2 Å². The highest BCUT2D eigenvalue weighted by Gasteiger charge is 2.21. The molecule has 1 heterocycles. The van der Waals surface area contributed by atoms with Gasteiger partial charge < -0.3 is 15.0 Å². The van der Waals surface area contributed by atoms with Gasteiger partial charge in [-0.15, -0.1) is 12.4 Å². The van der Waals surface area contributed by atoms with Gasteiger partial charge in [0.15, 0.2) is 0 Å². The number of benzene rings is 1. The van der Waals surface area contributed by atoms with Crippen LogP contribution in [0.5, 0.6) is 5.75 Å². The Morgan fingerprint density at radius 1 is 1.26 bits per heavy atom. The van der Waals surface area contributed by atoms with Crippen molar-refractivity contribution >= 4 is 18.3 Å². The Hall–Kier alpha value is -1.26. The Balaban J connectivity index is 0.00000264. The van der Waals surface area contributed by atoms with Crippen molar-refractivity contribution in [3.63, 3.8) is 0 Å². The van der Waals surface area contributed by atoms with Crippen LogP contribution in [0.15, 0.2) is 24.3 Å². The maximum absolute atomic E-state index is 12.4. The molecular formula is C18H29ClN2O2. The van der Waals surface area contributed by atoms with Crippen LogP contribution in [0, 0.1) is 5.92 Å². The summed E-state index contributed by atoms with van der Waals surface area (Å²) in [5.41, 5.74) is 1.04.